The second-order valence-corrected chi connectivity index (χ2v) is 5.51. The number of carbonyl (C=O) groups excluding carboxylic acids is 1. The number of hydrogen-bond donors (Lipinski definition) is 1. The van der Waals surface area contributed by atoms with Gasteiger partial charge in [0.2, 0.25) is 0 Å². The van der Waals surface area contributed by atoms with Crippen LogP contribution in [0.1, 0.15) is 27.0 Å². The van der Waals surface area contributed by atoms with Crippen molar-refractivity contribution in [2.75, 3.05) is 5.32 Å². The molecule has 0 aromatic heterocycles. The van der Waals surface area contributed by atoms with E-state index >= 15 is 0 Å². The normalized spacial score (nSPS) is 12.0. The highest BCUT2D eigenvalue weighted by molar-refractivity contribution is 6.04. The predicted molar refractivity (Wildman–Crippen MR) is 82.2 cm³/mol. The molecule has 0 bridgehead atoms. The van der Waals surface area contributed by atoms with E-state index in [9.17, 15) is 41.3 Å². The molecule has 0 aliphatic rings. The van der Waals surface area contributed by atoms with Crippen molar-refractivity contribution >= 4 is 17.3 Å². The molecule has 5 nitrogen and oxygen atoms in total. The molecule has 0 radical (unpaired) electrons. The maximum Gasteiger partial charge on any atom is 0.416 e. The Labute approximate surface area is 147 Å². The number of nitro groups is 1. The number of amides is 1. The van der Waals surface area contributed by atoms with Crippen LogP contribution in [0.3, 0.4) is 0 Å². The summed E-state index contributed by atoms with van der Waals surface area (Å²) in [7, 11) is 0. The van der Waals surface area contributed by atoms with Crippen LogP contribution in [0, 0.1) is 17.0 Å². The molecule has 2 aromatic rings. The molecule has 0 saturated carbocycles. The quantitative estimate of drug-likeness (QED) is 0.444. The predicted octanol–water partition coefficient (Wildman–Crippen LogP) is 5.19. The Morgan fingerprint density at radius 2 is 1.48 bits per heavy atom. The Kier molecular flexibility index (Phi) is 5.16. The SMILES string of the molecule is Cc1ccc(NC(=O)c2cc(C(F)(F)F)cc(C(F)(F)F)c2)cc1[N+](=O)[O-]. The zero-order chi connectivity index (χ0) is 20.6. The number of benzene rings is 2. The summed E-state index contributed by atoms with van der Waals surface area (Å²) in [6, 6.07) is 3.90. The molecule has 0 fully saturated rings. The monoisotopic (exact) mass is 392 g/mol. The first-order valence-corrected chi connectivity index (χ1v) is 7.15. The minimum absolute atomic E-state index is 0.104. The van der Waals surface area contributed by atoms with Crippen LogP contribution in [0.25, 0.3) is 0 Å². The summed E-state index contributed by atoms with van der Waals surface area (Å²) in [6.45, 7) is 1.42. The van der Waals surface area contributed by atoms with Crippen molar-refractivity contribution < 1.29 is 36.1 Å². The van der Waals surface area contributed by atoms with Gasteiger partial charge in [0, 0.05) is 22.9 Å². The molecule has 0 spiro atoms. The Hall–Kier alpha value is -3.11. The van der Waals surface area contributed by atoms with Gasteiger partial charge in [-0.05, 0) is 31.2 Å². The van der Waals surface area contributed by atoms with Gasteiger partial charge in [0.1, 0.15) is 0 Å². The second kappa shape index (κ2) is 6.89. The second-order valence-electron chi connectivity index (χ2n) is 5.51. The van der Waals surface area contributed by atoms with Crippen LogP contribution in [-0.2, 0) is 12.4 Å². The zero-order valence-electron chi connectivity index (χ0n) is 13.4. The lowest BCUT2D eigenvalue weighted by molar-refractivity contribution is -0.385. The maximum absolute atomic E-state index is 12.8. The third-order valence-corrected chi connectivity index (χ3v) is 3.51. The molecular formula is C16H10F6N2O3. The Balaban J connectivity index is 2.44. The zero-order valence-corrected chi connectivity index (χ0v) is 13.4. The van der Waals surface area contributed by atoms with Gasteiger partial charge in [0.05, 0.1) is 16.1 Å². The molecule has 27 heavy (non-hydrogen) atoms. The number of nitrogens with one attached hydrogen (secondary N) is 1. The third-order valence-electron chi connectivity index (χ3n) is 3.51. The summed E-state index contributed by atoms with van der Waals surface area (Å²) in [5, 5.41) is 12.9. The number of rotatable bonds is 3. The molecule has 11 heteroatoms. The first-order chi connectivity index (χ1) is 12.3. The van der Waals surface area contributed by atoms with Crippen molar-refractivity contribution in [2.24, 2.45) is 0 Å². The molecule has 0 unspecified atom stereocenters. The van der Waals surface area contributed by atoms with Gasteiger partial charge in [0.25, 0.3) is 11.6 Å². The Morgan fingerprint density at radius 1 is 0.963 bits per heavy atom. The number of halogens is 6. The van der Waals surface area contributed by atoms with Crippen LogP contribution in [0.15, 0.2) is 36.4 Å². The van der Waals surface area contributed by atoms with Crippen LogP contribution in [0.5, 0.6) is 0 Å². The van der Waals surface area contributed by atoms with Crippen molar-refractivity contribution in [1.29, 1.82) is 0 Å². The van der Waals surface area contributed by atoms with Gasteiger partial charge in [-0.3, -0.25) is 14.9 Å². The van der Waals surface area contributed by atoms with Crippen LogP contribution in [0.4, 0.5) is 37.7 Å². The van der Waals surface area contributed by atoms with Crippen molar-refractivity contribution in [1.82, 2.24) is 0 Å². The van der Waals surface area contributed by atoms with Crippen LogP contribution in [-0.4, -0.2) is 10.8 Å². The lowest BCUT2D eigenvalue weighted by Gasteiger charge is -2.14. The van der Waals surface area contributed by atoms with Crippen molar-refractivity contribution in [3.8, 4) is 0 Å². The van der Waals surface area contributed by atoms with E-state index in [1.807, 2.05) is 0 Å². The van der Waals surface area contributed by atoms with E-state index < -0.39 is 39.9 Å². The molecule has 2 rings (SSSR count). The number of alkyl halides is 6. The Bertz CT molecular complexity index is 874. The first kappa shape index (κ1) is 20.2. The van der Waals surface area contributed by atoms with Gasteiger partial charge in [-0.25, -0.2) is 0 Å². The lowest BCUT2D eigenvalue weighted by Crippen LogP contribution is -2.17. The molecule has 1 amide bonds. The highest BCUT2D eigenvalue weighted by Gasteiger charge is 2.37. The molecule has 1 N–H and O–H groups in total. The fraction of sp³-hybridized carbons (Fsp3) is 0.188. The highest BCUT2D eigenvalue weighted by Crippen LogP contribution is 2.36. The number of hydrogen-bond acceptors (Lipinski definition) is 3. The first-order valence-electron chi connectivity index (χ1n) is 7.15. The summed E-state index contributed by atoms with van der Waals surface area (Å²) in [4.78, 5) is 22.3. The largest absolute Gasteiger partial charge is 0.416 e. The van der Waals surface area contributed by atoms with Gasteiger partial charge >= 0.3 is 12.4 Å². The fourth-order valence-electron chi connectivity index (χ4n) is 2.17. The molecule has 0 aliphatic heterocycles. The number of carbonyl (C=O) groups is 1. The van der Waals surface area contributed by atoms with Crippen molar-refractivity contribution in [3.05, 3.63) is 68.8 Å². The van der Waals surface area contributed by atoms with Crippen molar-refractivity contribution in [2.45, 2.75) is 19.3 Å². The van der Waals surface area contributed by atoms with Gasteiger partial charge in [0.15, 0.2) is 0 Å². The van der Waals surface area contributed by atoms with Crippen molar-refractivity contribution in [3.63, 3.8) is 0 Å². The Morgan fingerprint density at radius 3 is 1.93 bits per heavy atom. The number of anilines is 1. The molecule has 2 aromatic carbocycles. The van der Waals surface area contributed by atoms with E-state index in [0.717, 1.165) is 6.07 Å². The summed E-state index contributed by atoms with van der Waals surface area (Å²) in [6.07, 6.45) is -10.2. The highest BCUT2D eigenvalue weighted by atomic mass is 19.4. The molecule has 0 heterocycles. The lowest BCUT2D eigenvalue weighted by atomic mass is 10.0. The molecule has 144 valence electrons. The van der Waals surface area contributed by atoms with E-state index in [1.54, 1.807) is 0 Å². The molecular weight excluding hydrogens is 382 g/mol. The minimum Gasteiger partial charge on any atom is -0.322 e. The van der Waals surface area contributed by atoms with E-state index in [1.165, 1.54) is 19.1 Å². The minimum atomic E-state index is -5.10. The van der Waals surface area contributed by atoms with Crippen LogP contribution < -0.4 is 5.32 Å². The third kappa shape index (κ3) is 4.74. The smallest absolute Gasteiger partial charge is 0.322 e. The van der Waals surface area contributed by atoms with Gasteiger partial charge in [-0.15, -0.1) is 0 Å². The average Bonchev–Trinajstić information content (AvgIpc) is 2.54. The summed E-state index contributed by atoms with van der Waals surface area (Å²) in [5.41, 5.74) is -4.43. The van der Waals surface area contributed by atoms with E-state index in [4.69, 9.17) is 0 Å². The number of nitro benzene ring substituents is 1. The number of nitrogens with zero attached hydrogens (tertiary/aromatic N) is 1. The fourth-order valence-corrected chi connectivity index (χ4v) is 2.17. The maximum atomic E-state index is 12.8. The average molecular weight is 392 g/mol. The molecule has 0 aliphatic carbocycles. The van der Waals surface area contributed by atoms with Gasteiger partial charge < -0.3 is 5.32 Å². The molecule has 0 atom stereocenters. The van der Waals surface area contributed by atoms with Crippen LogP contribution >= 0.6 is 0 Å². The van der Waals surface area contributed by atoms with E-state index in [2.05, 4.69) is 5.32 Å². The summed E-state index contributed by atoms with van der Waals surface area (Å²) >= 11 is 0. The summed E-state index contributed by atoms with van der Waals surface area (Å²) < 4.78 is 77.0. The van der Waals surface area contributed by atoms with E-state index in [-0.39, 0.29) is 35.1 Å². The van der Waals surface area contributed by atoms with Gasteiger partial charge in [-0.2, -0.15) is 26.3 Å². The van der Waals surface area contributed by atoms with Gasteiger partial charge in [-0.1, -0.05) is 6.07 Å². The standard InChI is InChI=1S/C16H10F6N2O3/c1-8-2-3-12(7-13(8)24(26)27)23-14(25)9-4-10(15(17,18)19)6-11(5-9)16(20,21)22/h2-7H,1H3,(H,23,25). The topological polar surface area (TPSA) is 72.2 Å². The van der Waals surface area contributed by atoms with Crippen LogP contribution in [0.2, 0.25) is 0 Å². The molecule has 0 saturated heterocycles. The summed E-state index contributed by atoms with van der Waals surface area (Å²) in [5.74, 6) is -1.27. The number of aryl methyl sites for hydroxylation is 1. The van der Waals surface area contributed by atoms with E-state index in [0.29, 0.717) is 0 Å².